The summed E-state index contributed by atoms with van der Waals surface area (Å²) in [5.41, 5.74) is 1.54. The molecule has 0 aromatic carbocycles. The lowest BCUT2D eigenvalue weighted by Crippen LogP contribution is -2.42. The van der Waals surface area contributed by atoms with Crippen LogP contribution in [0.25, 0.3) is 0 Å². The van der Waals surface area contributed by atoms with Gasteiger partial charge in [0.15, 0.2) is 0 Å². The van der Waals surface area contributed by atoms with Gasteiger partial charge in [-0.25, -0.2) is 0 Å². The standard InChI is InChI=1S/C9H12N2O/c1-4-5-8-7(2)10-9(12)6-11(8)3/h4-5H,1-2,6H2,3H3,(H,10,12)/b8-5+. The normalized spacial score (nSPS) is 21.1. The van der Waals surface area contributed by atoms with Crippen molar-refractivity contribution < 1.29 is 4.79 Å². The second-order valence-electron chi connectivity index (χ2n) is 2.67. The molecule has 0 aromatic heterocycles. The molecule has 12 heavy (non-hydrogen) atoms. The maximum atomic E-state index is 11.0. The summed E-state index contributed by atoms with van der Waals surface area (Å²) in [4.78, 5) is 12.8. The van der Waals surface area contributed by atoms with Gasteiger partial charge < -0.3 is 10.2 Å². The van der Waals surface area contributed by atoms with Crippen molar-refractivity contribution in [2.24, 2.45) is 0 Å². The monoisotopic (exact) mass is 164 g/mol. The van der Waals surface area contributed by atoms with Gasteiger partial charge in [0.05, 0.1) is 17.9 Å². The molecule has 1 amide bonds. The molecule has 0 saturated carbocycles. The molecule has 1 saturated heterocycles. The van der Waals surface area contributed by atoms with Gasteiger partial charge in [-0.3, -0.25) is 4.79 Å². The molecule has 1 fully saturated rings. The van der Waals surface area contributed by atoms with Gasteiger partial charge in [-0.05, 0) is 6.08 Å². The average molecular weight is 164 g/mol. The summed E-state index contributed by atoms with van der Waals surface area (Å²) in [6.45, 7) is 7.68. The highest BCUT2D eigenvalue weighted by atomic mass is 16.2. The number of nitrogens with zero attached hydrogens (tertiary/aromatic N) is 1. The largest absolute Gasteiger partial charge is 0.364 e. The Labute approximate surface area is 72.1 Å². The third kappa shape index (κ3) is 1.56. The number of hydrogen-bond acceptors (Lipinski definition) is 2. The predicted octanol–water partition coefficient (Wildman–Crippen LogP) is 0.632. The molecule has 0 unspecified atom stereocenters. The van der Waals surface area contributed by atoms with Crippen molar-refractivity contribution in [2.75, 3.05) is 13.6 Å². The molecular formula is C9H12N2O. The van der Waals surface area contributed by atoms with Gasteiger partial charge in [0, 0.05) is 7.05 Å². The van der Waals surface area contributed by atoms with E-state index in [1.54, 1.807) is 6.08 Å². The number of carbonyl (C=O) groups excluding carboxylic acids is 1. The molecule has 3 heteroatoms. The van der Waals surface area contributed by atoms with Crippen LogP contribution >= 0.6 is 0 Å². The minimum Gasteiger partial charge on any atom is -0.364 e. The smallest absolute Gasteiger partial charge is 0.243 e. The summed E-state index contributed by atoms with van der Waals surface area (Å²) in [6, 6.07) is 0. The zero-order chi connectivity index (χ0) is 9.14. The molecule has 0 aliphatic carbocycles. The van der Waals surface area contributed by atoms with Crippen LogP contribution in [0.2, 0.25) is 0 Å². The van der Waals surface area contributed by atoms with Gasteiger partial charge in [0.1, 0.15) is 0 Å². The fourth-order valence-corrected chi connectivity index (χ4v) is 1.14. The minimum atomic E-state index is -0.0243. The summed E-state index contributed by atoms with van der Waals surface area (Å²) >= 11 is 0. The topological polar surface area (TPSA) is 32.3 Å². The maximum absolute atomic E-state index is 11.0. The number of allylic oxidation sites excluding steroid dienone is 2. The second kappa shape index (κ2) is 3.26. The lowest BCUT2D eigenvalue weighted by atomic mass is 10.2. The number of nitrogens with one attached hydrogen (secondary N) is 1. The van der Waals surface area contributed by atoms with Crippen molar-refractivity contribution >= 4 is 5.91 Å². The second-order valence-corrected chi connectivity index (χ2v) is 2.67. The summed E-state index contributed by atoms with van der Waals surface area (Å²) in [5.74, 6) is -0.0243. The summed E-state index contributed by atoms with van der Waals surface area (Å²) in [5, 5.41) is 2.65. The number of rotatable bonds is 1. The highest BCUT2D eigenvalue weighted by Crippen LogP contribution is 2.13. The Morgan fingerprint density at radius 1 is 1.67 bits per heavy atom. The van der Waals surface area contributed by atoms with Gasteiger partial charge in [0.2, 0.25) is 5.91 Å². The van der Waals surface area contributed by atoms with Crippen LogP contribution in [0.15, 0.2) is 36.7 Å². The van der Waals surface area contributed by atoms with E-state index in [4.69, 9.17) is 0 Å². The molecule has 0 radical (unpaired) electrons. The van der Waals surface area contributed by atoms with Crippen LogP contribution < -0.4 is 5.32 Å². The van der Waals surface area contributed by atoms with Crippen molar-refractivity contribution in [1.29, 1.82) is 0 Å². The molecule has 1 N–H and O–H groups in total. The fraction of sp³-hybridized carbons (Fsp3) is 0.222. The van der Waals surface area contributed by atoms with E-state index < -0.39 is 0 Å². The Bertz CT molecular complexity index is 266. The fourth-order valence-electron chi connectivity index (χ4n) is 1.14. The number of hydrogen-bond donors (Lipinski definition) is 1. The first-order valence-corrected chi connectivity index (χ1v) is 3.68. The van der Waals surface area contributed by atoms with Crippen molar-refractivity contribution in [2.45, 2.75) is 0 Å². The van der Waals surface area contributed by atoms with Crippen LogP contribution in [0.4, 0.5) is 0 Å². The van der Waals surface area contributed by atoms with Crippen LogP contribution in [0, 0.1) is 0 Å². The summed E-state index contributed by atoms with van der Waals surface area (Å²) in [6.07, 6.45) is 3.50. The molecule has 1 heterocycles. The first kappa shape index (κ1) is 8.59. The van der Waals surface area contributed by atoms with Crippen LogP contribution in [0.3, 0.4) is 0 Å². The third-order valence-electron chi connectivity index (χ3n) is 1.67. The van der Waals surface area contributed by atoms with E-state index in [9.17, 15) is 4.79 Å². The molecular weight excluding hydrogens is 152 g/mol. The van der Waals surface area contributed by atoms with E-state index in [2.05, 4.69) is 18.5 Å². The van der Waals surface area contributed by atoms with E-state index >= 15 is 0 Å². The highest BCUT2D eigenvalue weighted by Gasteiger charge is 2.18. The molecule has 1 aliphatic rings. The van der Waals surface area contributed by atoms with Gasteiger partial charge >= 0.3 is 0 Å². The van der Waals surface area contributed by atoms with E-state index in [0.717, 1.165) is 5.70 Å². The Morgan fingerprint density at radius 3 is 2.83 bits per heavy atom. The molecule has 0 bridgehead atoms. The van der Waals surface area contributed by atoms with E-state index in [1.165, 1.54) is 0 Å². The van der Waals surface area contributed by atoms with E-state index in [-0.39, 0.29) is 5.91 Å². The van der Waals surface area contributed by atoms with Crippen molar-refractivity contribution in [3.05, 3.63) is 36.7 Å². The molecule has 1 aliphatic heterocycles. The maximum Gasteiger partial charge on any atom is 0.243 e. The predicted molar refractivity (Wildman–Crippen MR) is 48.2 cm³/mol. The van der Waals surface area contributed by atoms with Gasteiger partial charge in [-0.2, -0.15) is 0 Å². The van der Waals surface area contributed by atoms with Crippen molar-refractivity contribution in [3.8, 4) is 0 Å². The number of amides is 1. The summed E-state index contributed by atoms with van der Waals surface area (Å²) in [7, 11) is 1.85. The SMILES string of the molecule is C=C/C=C1\C(=C)NC(=O)CN1C. The van der Waals surface area contributed by atoms with E-state index in [0.29, 0.717) is 12.2 Å². The average Bonchev–Trinajstić information content (AvgIpc) is 1.96. The minimum absolute atomic E-state index is 0.0243. The third-order valence-corrected chi connectivity index (χ3v) is 1.67. The zero-order valence-electron chi connectivity index (χ0n) is 7.13. The van der Waals surface area contributed by atoms with Gasteiger partial charge in [-0.1, -0.05) is 19.2 Å². The Morgan fingerprint density at radius 2 is 2.33 bits per heavy atom. The molecule has 0 aromatic rings. The first-order chi connectivity index (χ1) is 5.65. The van der Waals surface area contributed by atoms with Crippen molar-refractivity contribution in [1.82, 2.24) is 10.2 Å². The Hall–Kier alpha value is -1.51. The van der Waals surface area contributed by atoms with Gasteiger partial charge in [0.25, 0.3) is 0 Å². The van der Waals surface area contributed by atoms with Crippen LogP contribution in [-0.2, 0) is 4.79 Å². The van der Waals surface area contributed by atoms with Crippen LogP contribution in [0.1, 0.15) is 0 Å². The Kier molecular flexibility index (Phi) is 2.33. The first-order valence-electron chi connectivity index (χ1n) is 3.68. The summed E-state index contributed by atoms with van der Waals surface area (Å²) < 4.78 is 0. The van der Waals surface area contributed by atoms with E-state index in [1.807, 2.05) is 18.0 Å². The van der Waals surface area contributed by atoms with Crippen LogP contribution in [-0.4, -0.2) is 24.4 Å². The quantitative estimate of drug-likeness (QED) is 0.616. The molecule has 0 atom stereocenters. The molecule has 1 rings (SSSR count). The lowest BCUT2D eigenvalue weighted by molar-refractivity contribution is -0.121. The van der Waals surface area contributed by atoms with Crippen LogP contribution in [0.5, 0.6) is 0 Å². The van der Waals surface area contributed by atoms with Crippen molar-refractivity contribution in [3.63, 3.8) is 0 Å². The Balaban J connectivity index is 2.87. The number of piperazine rings is 1. The zero-order valence-corrected chi connectivity index (χ0v) is 7.13. The number of likely N-dealkylation sites (N-methyl/N-ethyl adjacent to an activating group) is 1. The number of carbonyl (C=O) groups is 1. The highest BCUT2D eigenvalue weighted by molar-refractivity contribution is 5.82. The molecule has 0 spiro atoms. The lowest BCUT2D eigenvalue weighted by Gasteiger charge is -2.28. The molecule has 3 nitrogen and oxygen atoms in total. The van der Waals surface area contributed by atoms with Gasteiger partial charge in [-0.15, -0.1) is 0 Å². The molecule has 64 valence electrons.